The summed E-state index contributed by atoms with van der Waals surface area (Å²) < 4.78 is 13.9. The van der Waals surface area contributed by atoms with Gasteiger partial charge in [0.2, 0.25) is 0 Å². The number of nitrogens with one attached hydrogen (secondary N) is 2. The molecule has 0 amide bonds. The van der Waals surface area contributed by atoms with Crippen LogP contribution in [0.5, 0.6) is 12.0 Å². The molecular weight excluding hydrogens is 700 g/mol. The van der Waals surface area contributed by atoms with Gasteiger partial charge >= 0.3 is 35.3 Å². The molecular formula is C36H42N10O8. The fraction of sp³-hybridized carbons (Fsp3) is 0.333. The highest BCUT2D eigenvalue weighted by molar-refractivity contribution is 5.82. The largest absolute Gasteiger partial charge is 0.481 e. The third-order valence-corrected chi connectivity index (χ3v) is 8.16. The van der Waals surface area contributed by atoms with Gasteiger partial charge in [0.15, 0.2) is 22.9 Å². The number of anilines is 2. The number of benzene rings is 2. The van der Waals surface area contributed by atoms with Crippen molar-refractivity contribution in [2.24, 2.45) is 0 Å². The molecule has 18 heteroatoms. The van der Waals surface area contributed by atoms with Crippen molar-refractivity contribution >= 4 is 45.9 Å². The number of carboxylic acid groups (broad SMARTS) is 2. The van der Waals surface area contributed by atoms with Gasteiger partial charge in [0.25, 0.3) is 0 Å². The van der Waals surface area contributed by atoms with Crippen LogP contribution in [0.1, 0.15) is 61.8 Å². The summed E-state index contributed by atoms with van der Waals surface area (Å²) >= 11 is 0. The van der Waals surface area contributed by atoms with Crippen LogP contribution in [0.4, 0.5) is 11.6 Å². The smallest absolute Gasteiger partial charge is 0.328 e. The molecule has 0 spiro atoms. The Morgan fingerprint density at radius 3 is 1.31 bits per heavy atom. The number of nitrogen functional groups attached to an aromatic ring is 2. The SMILES string of the molecule is CCCCOc1nc(N)c2[nH]c(=O)n(Cc3ccc(CC(=O)O)cc3)c2n1.CCCCOc1nc(N)c2[nH]c(=O)n(Cc3ccc(CC(=O)O)cc3)c2n1. The number of unbranched alkanes of at least 4 members (excludes halogenated alkanes) is 2. The summed E-state index contributed by atoms with van der Waals surface area (Å²) in [7, 11) is 0. The average molecular weight is 743 g/mol. The lowest BCUT2D eigenvalue weighted by Gasteiger charge is -2.07. The molecule has 0 atom stereocenters. The maximum absolute atomic E-state index is 12.3. The number of H-pyrrole nitrogens is 2. The first kappa shape index (κ1) is 38.5. The molecule has 0 bridgehead atoms. The van der Waals surface area contributed by atoms with E-state index in [1.54, 1.807) is 48.5 Å². The molecule has 284 valence electrons. The van der Waals surface area contributed by atoms with Gasteiger partial charge in [-0.1, -0.05) is 75.2 Å². The van der Waals surface area contributed by atoms with E-state index in [9.17, 15) is 19.2 Å². The molecule has 6 rings (SSSR count). The zero-order chi connectivity index (χ0) is 38.8. The number of carbonyl (C=O) groups is 2. The Hall–Kier alpha value is -6.72. The number of aliphatic carboxylic acids is 2. The van der Waals surface area contributed by atoms with Gasteiger partial charge in [-0.05, 0) is 35.1 Å². The maximum Gasteiger partial charge on any atom is 0.328 e. The second-order valence-corrected chi connectivity index (χ2v) is 12.4. The molecule has 6 aromatic rings. The molecule has 0 unspecified atom stereocenters. The van der Waals surface area contributed by atoms with Crippen LogP contribution in [-0.2, 0) is 35.5 Å². The topological polar surface area (TPSA) is 272 Å². The van der Waals surface area contributed by atoms with Crippen LogP contribution < -0.4 is 32.3 Å². The van der Waals surface area contributed by atoms with Gasteiger partial charge in [-0.3, -0.25) is 18.7 Å². The van der Waals surface area contributed by atoms with Crippen LogP contribution in [-0.4, -0.2) is 74.4 Å². The second kappa shape index (κ2) is 17.7. The summed E-state index contributed by atoms with van der Waals surface area (Å²) in [4.78, 5) is 68.4. The molecule has 0 radical (unpaired) electrons. The zero-order valence-corrected chi connectivity index (χ0v) is 29.9. The summed E-state index contributed by atoms with van der Waals surface area (Å²) in [6.07, 6.45) is 3.59. The number of hydrogen-bond acceptors (Lipinski definition) is 12. The van der Waals surface area contributed by atoms with E-state index in [2.05, 4.69) is 29.9 Å². The highest BCUT2D eigenvalue weighted by Gasteiger charge is 2.17. The van der Waals surface area contributed by atoms with Crippen LogP contribution in [0.2, 0.25) is 0 Å². The van der Waals surface area contributed by atoms with Crippen molar-refractivity contribution in [1.82, 2.24) is 39.0 Å². The van der Waals surface area contributed by atoms with Gasteiger partial charge in [-0.15, -0.1) is 0 Å². The van der Waals surface area contributed by atoms with E-state index < -0.39 is 11.9 Å². The van der Waals surface area contributed by atoms with Gasteiger partial charge in [0, 0.05) is 0 Å². The molecule has 0 aliphatic rings. The number of carboxylic acids is 2. The quantitative estimate of drug-likeness (QED) is 0.0778. The third kappa shape index (κ3) is 9.78. The molecule has 4 heterocycles. The van der Waals surface area contributed by atoms with Gasteiger partial charge in [-0.2, -0.15) is 19.9 Å². The lowest BCUT2D eigenvalue weighted by molar-refractivity contribution is -0.137. The summed E-state index contributed by atoms with van der Waals surface area (Å²) in [6, 6.07) is 14.3. The van der Waals surface area contributed by atoms with Crippen molar-refractivity contribution in [3.05, 3.63) is 91.8 Å². The summed E-state index contributed by atoms with van der Waals surface area (Å²) in [6.45, 7) is 5.57. The standard InChI is InChI=1S/2C18H21N5O4/c2*1-2-3-8-27-17-21-15(19)14-16(22-17)23(18(26)20-14)10-12-6-4-11(5-7-12)9-13(24)25/h2*4-7H,2-3,8-10H2,1H3,(H,20,26)(H,24,25)(H2,19,21,22). The molecule has 0 aliphatic carbocycles. The highest BCUT2D eigenvalue weighted by Crippen LogP contribution is 2.20. The third-order valence-electron chi connectivity index (χ3n) is 8.16. The number of rotatable bonds is 16. The summed E-state index contributed by atoms with van der Waals surface area (Å²) in [5.74, 6) is -1.48. The Kier molecular flexibility index (Phi) is 12.6. The minimum absolute atomic E-state index is 0.0461. The van der Waals surface area contributed by atoms with E-state index in [1.807, 2.05) is 13.8 Å². The van der Waals surface area contributed by atoms with Crippen LogP contribution >= 0.6 is 0 Å². The van der Waals surface area contributed by atoms with Crippen molar-refractivity contribution < 1.29 is 29.3 Å². The minimum atomic E-state index is -0.890. The first-order valence-corrected chi connectivity index (χ1v) is 17.3. The first-order valence-electron chi connectivity index (χ1n) is 17.3. The highest BCUT2D eigenvalue weighted by atomic mass is 16.5. The maximum atomic E-state index is 12.3. The number of nitrogens with two attached hydrogens (primary N) is 2. The predicted molar refractivity (Wildman–Crippen MR) is 200 cm³/mol. The van der Waals surface area contributed by atoms with Crippen molar-refractivity contribution in [1.29, 1.82) is 0 Å². The molecule has 0 saturated heterocycles. The second-order valence-electron chi connectivity index (χ2n) is 12.4. The molecule has 0 saturated carbocycles. The molecule has 54 heavy (non-hydrogen) atoms. The van der Waals surface area contributed by atoms with E-state index in [0.29, 0.717) is 46.7 Å². The normalized spacial score (nSPS) is 11.0. The van der Waals surface area contributed by atoms with E-state index in [0.717, 1.165) is 36.8 Å². The number of hydrogen-bond donors (Lipinski definition) is 6. The van der Waals surface area contributed by atoms with E-state index in [4.69, 9.17) is 31.2 Å². The van der Waals surface area contributed by atoms with Gasteiger partial charge in [-0.25, -0.2) is 9.59 Å². The Morgan fingerprint density at radius 2 is 0.981 bits per heavy atom. The van der Waals surface area contributed by atoms with Crippen LogP contribution in [0.3, 0.4) is 0 Å². The number of nitrogens with zero attached hydrogens (tertiary/aromatic N) is 6. The predicted octanol–water partition coefficient (Wildman–Crippen LogP) is 3.11. The molecule has 18 nitrogen and oxygen atoms in total. The van der Waals surface area contributed by atoms with Gasteiger partial charge in [0.05, 0.1) is 39.1 Å². The molecule has 4 aromatic heterocycles. The molecule has 2 aromatic carbocycles. The fourth-order valence-corrected chi connectivity index (χ4v) is 5.34. The number of fused-ring (bicyclic) bond motifs is 2. The number of imidazole rings is 2. The van der Waals surface area contributed by atoms with Gasteiger partial charge in [0.1, 0.15) is 11.0 Å². The van der Waals surface area contributed by atoms with Crippen LogP contribution in [0, 0.1) is 0 Å². The Labute approximate surface area is 307 Å². The van der Waals surface area contributed by atoms with Crippen LogP contribution in [0.15, 0.2) is 58.1 Å². The van der Waals surface area contributed by atoms with Crippen molar-refractivity contribution in [2.45, 2.75) is 65.5 Å². The zero-order valence-electron chi connectivity index (χ0n) is 29.9. The van der Waals surface area contributed by atoms with E-state index >= 15 is 0 Å². The monoisotopic (exact) mass is 742 g/mol. The summed E-state index contributed by atoms with van der Waals surface area (Å²) in [5.41, 5.74) is 15.7. The molecule has 0 fully saturated rings. The Bertz CT molecular complexity index is 2180. The first-order chi connectivity index (χ1) is 25.9. The van der Waals surface area contributed by atoms with E-state index in [1.165, 1.54) is 9.13 Å². The van der Waals surface area contributed by atoms with E-state index in [-0.39, 0.29) is 61.0 Å². The average Bonchev–Trinajstić information content (AvgIpc) is 3.62. The van der Waals surface area contributed by atoms with Crippen molar-refractivity contribution in [2.75, 3.05) is 24.7 Å². The van der Waals surface area contributed by atoms with Gasteiger partial charge < -0.3 is 41.1 Å². The summed E-state index contributed by atoms with van der Waals surface area (Å²) in [5, 5.41) is 17.7. The Balaban J connectivity index is 0.000000208. The number of aromatic amines is 2. The lowest BCUT2D eigenvalue weighted by atomic mass is 10.1. The fourth-order valence-electron chi connectivity index (χ4n) is 5.34. The lowest BCUT2D eigenvalue weighted by Crippen LogP contribution is -2.18. The minimum Gasteiger partial charge on any atom is -0.481 e. The number of aromatic nitrogens is 8. The molecule has 0 aliphatic heterocycles. The Morgan fingerprint density at radius 1 is 0.630 bits per heavy atom. The molecule has 8 N–H and O–H groups in total. The van der Waals surface area contributed by atoms with Crippen LogP contribution in [0.25, 0.3) is 22.3 Å². The van der Waals surface area contributed by atoms with Crippen molar-refractivity contribution in [3.8, 4) is 12.0 Å². The van der Waals surface area contributed by atoms with Crippen molar-refractivity contribution in [3.63, 3.8) is 0 Å². The number of ether oxygens (including phenoxy) is 2.